The van der Waals surface area contributed by atoms with Crippen LogP contribution in [0.3, 0.4) is 0 Å². The van der Waals surface area contributed by atoms with E-state index in [4.69, 9.17) is 0 Å². The van der Waals surface area contributed by atoms with Gasteiger partial charge in [0.1, 0.15) is 0 Å². The minimum atomic E-state index is -0.371. The maximum atomic E-state index is 11.2. The molecule has 0 aliphatic heterocycles. The number of rotatable bonds is 4. The predicted octanol–water partition coefficient (Wildman–Crippen LogP) is 1.62. The lowest BCUT2D eigenvalue weighted by atomic mass is 10.1. The van der Waals surface area contributed by atoms with Gasteiger partial charge in [0.05, 0.1) is 12.7 Å². The molecule has 1 aromatic carbocycles. The highest BCUT2D eigenvalue weighted by Gasteiger charge is 2.03. The molecule has 0 spiro atoms. The molecule has 1 amide bonds. The summed E-state index contributed by atoms with van der Waals surface area (Å²) in [5.41, 5.74) is 1.34. The molecular formula is C13H15NO3. The van der Waals surface area contributed by atoms with Gasteiger partial charge in [-0.3, -0.25) is 4.79 Å². The Morgan fingerprint density at radius 1 is 1.29 bits per heavy atom. The third kappa shape index (κ3) is 4.10. The SMILES string of the molecule is CCNC(=O)/C=C\c1ccc(C(=O)OC)cc1. The van der Waals surface area contributed by atoms with Crippen LogP contribution in [0.2, 0.25) is 0 Å². The van der Waals surface area contributed by atoms with Gasteiger partial charge in [0.2, 0.25) is 5.91 Å². The average Bonchev–Trinajstić information content (AvgIpc) is 2.36. The van der Waals surface area contributed by atoms with Crippen LogP contribution in [0.5, 0.6) is 0 Å². The molecule has 0 saturated heterocycles. The summed E-state index contributed by atoms with van der Waals surface area (Å²) >= 11 is 0. The number of likely N-dealkylation sites (N-methyl/N-ethyl adjacent to an activating group) is 1. The molecule has 0 saturated carbocycles. The van der Waals surface area contributed by atoms with Gasteiger partial charge in [0.15, 0.2) is 0 Å². The van der Waals surface area contributed by atoms with Gasteiger partial charge in [-0.05, 0) is 30.7 Å². The van der Waals surface area contributed by atoms with Gasteiger partial charge in [0, 0.05) is 12.6 Å². The molecule has 4 heteroatoms. The molecule has 0 atom stereocenters. The van der Waals surface area contributed by atoms with Crippen molar-refractivity contribution >= 4 is 18.0 Å². The topological polar surface area (TPSA) is 55.4 Å². The van der Waals surface area contributed by atoms with Gasteiger partial charge in [-0.25, -0.2) is 4.79 Å². The maximum absolute atomic E-state index is 11.2. The molecule has 1 aromatic rings. The Hall–Kier alpha value is -2.10. The summed E-state index contributed by atoms with van der Waals surface area (Å²) in [5.74, 6) is -0.506. The molecule has 0 fully saturated rings. The van der Waals surface area contributed by atoms with Gasteiger partial charge in [-0.1, -0.05) is 12.1 Å². The molecule has 0 aromatic heterocycles. The summed E-state index contributed by atoms with van der Waals surface area (Å²) in [6.07, 6.45) is 3.14. The Balaban J connectivity index is 2.68. The second-order valence-electron chi connectivity index (χ2n) is 3.34. The quantitative estimate of drug-likeness (QED) is 0.635. The zero-order chi connectivity index (χ0) is 12.7. The van der Waals surface area contributed by atoms with E-state index in [1.807, 2.05) is 6.92 Å². The van der Waals surface area contributed by atoms with Crippen molar-refractivity contribution in [2.24, 2.45) is 0 Å². The number of methoxy groups -OCH3 is 1. The van der Waals surface area contributed by atoms with Gasteiger partial charge in [-0.2, -0.15) is 0 Å². The third-order valence-electron chi connectivity index (χ3n) is 2.11. The number of nitrogens with one attached hydrogen (secondary N) is 1. The van der Waals surface area contributed by atoms with E-state index >= 15 is 0 Å². The lowest BCUT2D eigenvalue weighted by molar-refractivity contribution is -0.116. The molecule has 0 radical (unpaired) electrons. The van der Waals surface area contributed by atoms with Crippen LogP contribution in [0.25, 0.3) is 6.08 Å². The summed E-state index contributed by atoms with van der Waals surface area (Å²) in [5, 5.41) is 2.65. The van der Waals surface area contributed by atoms with E-state index in [1.54, 1.807) is 30.3 Å². The van der Waals surface area contributed by atoms with Crippen LogP contribution in [0, 0.1) is 0 Å². The molecule has 90 valence electrons. The molecule has 0 aliphatic rings. The van der Waals surface area contributed by atoms with Gasteiger partial charge in [-0.15, -0.1) is 0 Å². The number of hydrogen-bond acceptors (Lipinski definition) is 3. The Kier molecular flexibility index (Phi) is 4.94. The largest absolute Gasteiger partial charge is 0.465 e. The minimum absolute atomic E-state index is 0.135. The molecule has 17 heavy (non-hydrogen) atoms. The van der Waals surface area contributed by atoms with Gasteiger partial charge >= 0.3 is 5.97 Å². The zero-order valence-electron chi connectivity index (χ0n) is 9.90. The first-order valence-corrected chi connectivity index (χ1v) is 5.31. The summed E-state index contributed by atoms with van der Waals surface area (Å²) < 4.78 is 4.59. The van der Waals surface area contributed by atoms with Gasteiger partial charge in [0.25, 0.3) is 0 Å². The van der Waals surface area contributed by atoms with Crippen LogP contribution >= 0.6 is 0 Å². The van der Waals surface area contributed by atoms with Crippen LogP contribution in [-0.2, 0) is 9.53 Å². The van der Waals surface area contributed by atoms with E-state index in [-0.39, 0.29) is 11.9 Å². The van der Waals surface area contributed by atoms with E-state index in [0.29, 0.717) is 12.1 Å². The standard InChI is InChI=1S/C13H15NO3/c1-3-14-12(15)9-6-10-4-7-11(8-5-10)13(16)17-2/h4-9H,3H2,1-2H3,(H,14,15)/b9-6-. The number of benzene rings is 1. The van der Waals surface area contributed by atoms with Crippen molar-refractivity contribution in [3.63, 3.8) is 0 Å². The maximum Gasteiger partial charge on any atom is 0.337 e. The number of hydrogen-bond donors (Lipinski definition) is 1. The number of esters is 1. The van der Waals surface area contributed by atoms with Crippen molar-refractivity contribution in [3.8, 4) is 0 Å². The molecule has 1 N–H and O–H groups in total. The van der Waals surface area contributed by atoms with Crippen LogP contribution in [0.15, 0.2) is 30.3 Å². The highest BCUT2D eigenvalue weighted by atomic mass is 16.5. The highest BCUT2D eigenvalue weighted by Crippen LogP contribution is 2.07. The predicted molar refractivity (Wildman–Crippen MR) is 65.5 cm³/mol. The second-order valence-corrected chi connectivity index (χ2v) is 3.34. The highest BCUT2D eigenvalue weighted by molar-refractivity contribution is 5.92. The van der Waals surface area contributed by atoms with Crippen LogP contribution in [0.1, 0.15) is 22.8 Å². The number of amides is 1. The van der Waals surface area contributed by atoms with Crippen molar-refractivity contribution in [1.82, 2.24) is 5.32 Å². The fourth-order valence-corrected chi connectivity index (χ4v) is 1.25. The van der Waals surface area contributed by atoms with E-state index in [9.17, 15) is 9.59 Å². The summed E-state index contributed by atoms with van der Waals surface area (Å²) in [6, 6.07) is 6.82. The fraction of sp³-hybridized carbons (Fsp3) is 0.231. The first-order valence-electron chi connectivity index (χ1n) is 5.31. The Morgan fingerprint density at radius 3 is 2.47 bits per heavy atom. The first kappa shape index (κ1) is 13.0. The molecule has 0 heterocycles. The smallest absolute Gasteiger partial charge is 0.337 e. The molecular weight excluding hydrogens is 218 g/mol. The van der Waals surface area contributed by atoms with Crippen molar-refractivity contribution < 1.29 is 14.3 Å². The summed E-state index contributed by atoms with van der Waals surface area (Å²) in [7, 11) is 1.34. The fourth-order valence-electron chi connectivity index (χ4n) is 1.25. The zero-order valence-corrected chi connectivity index (χ0v) is 9.90. The number of ether oxygens (including phenoxy) is 1. The second kappa shape index (κ2) is 6.48. The molecule has 1 rings (SSSR count). The van der Waals surface area contributed by atoms with E-state index < -0.39 is 0 Å². The van der Waals surface area contributed by atoms with Crippen molar-refractivity contribution in [3.05, 3.63) is 41.5 Å². The minimum Gasteiger partial charge on any atom is -0.465 e. The molecule has 4 nitrogen and oxygen atoms in total. The summed E-state index contributed by atoms with van der Waals surface area (Å²) in [6.45, 7) is 2.46. The van der Waals surface area contributed by atoms with E-state index in [1.165, 1.54) is 13.2 Å². The van der Waals surface area contributed by atoms with E-state index in [2.05, 4.69) is 10.1 Å². The molecule has 0 aliphatic carbocycles. The van der Waals surface area contributed by atoms with Crippen molar-refractivity contribution in [2.75, 3.05) is 13.7 Å². The Bertz CT molecular complexity index is 421. The summed E-state index contributed by atoms with van der Waals surface area (Å²) in [4.78, 5) is 22.3. The van der Waals surface area contributed by atoms with Crippen molar-refractivity contribution in [2.45, 2.75) is 6.92 Å². The lowest BCUT2D eigenvalue weighted by Gasteiger charge is -1.99. The van der Waals surface area contributed by atoms with Gasteiger partial charge < -0.3 is 10.1 Å². The Labute approximate surface area is 100 Å². The van der Waals surface area contributed by atoms with Crippen LogP contribution in [0.4, 0.5) is 0 Å². The Morgan fingerprint density at radius 2 is 1.94 bits per heavy atom. The number of carbonyl (C=O) groups excluding carboxylic acids is 2. The first-order chi connectivity index (χ1) is 8.17. The van der Waals surface area contributed by atoms with E-state index in [0.717, 1.165) is 5.56 Å². The van der Waals surface area contributed by atoms with Crippen molar-refractivity contribution in [1.29, 1.82) is 0 Å². The van der Waals surface area contributed by atoms with Crippen LogP contribution in [-0.4, -0.2) is 25.5 Å². The third-order valence-corrected chi connectivity index (χ3v) is 2.11. The lowest BCUT2D eigenvalue weighted by Crippen LogP contribution is -2.19. The normalized spacial score (nSPS) is 10.2. The monoisotopic (exact) mass is 233 g/mol. The molecule has 0 unspecified atom stereocenters. The number of carbonyl (C=O) groups is 2. The van der Waals surface area contributed by atoms with Crippen LogP contribution < -0.4 is 5.32 Å². The molecule has 0 bridgehead atoms. The average molecular weight is 233 g/mol.